The van der Waals surface area contributed by atoms with E-state index in [1.54, 1.807) is 0 Å². The molecule has 4 nitrogen and oxygen atoms in total. The van der Waals surface area contributed by atoms with Crippen molar-refractivity contribution in [2.45, 2.75) is 32.7 Å². The van der Waals surface area contributed by atoms with Gasteiger partial charge in [0.25, 0.3) is 0 Å². The number of para-hydroxylation sites is 1. The highest BCUT2D eigenvalue weighted by molar-refractivity contribution is 5.86. The smallest absolute Gasteiger partial charge is 0.411 e. The van der Waals surface area contributed by atoms with Crippen LogP contribution in [0.1, 0.15) is 24.0 Å². The molecule has 1 aliphatic rings. The van der Waals surface area contributed by atoms with Gasteiger partial charge in [-0.25, -0.2) is 4.79 Å². The van der Waals surface area contributed by atoms with Crippen molar-refractivity contribution in [2.75, 3.05) is 25.5 Å². The summed E-state index contributed by atoms with van der Waals surface area (Å²) in [6.07, 6.45) is 1.92. The number of likely N-dealkylation sites (tertiary alicyclic amines) is 1. The van der Waals surface area contributed by atoms with Crippen molar-refractivity contribution in [3.63, 3.8) is 0 Å². The number of likely N-dealkylation sites (N-methyl/N-ethyl adjacent to an activating group) is 1. The molecule has 0 saturated carbocycles. The van der Waals surface area contributed by atoms with E-state index < -0.39 is 0 Å². The van der Waals surface area contributed by atoms with Gasteiger partial charge in [-0.05, 0) is 51.4 Å². The van der Waals surface area contributed by atoms with Gasteiger partial charge >= 0.3 is 6.09 Å². The Balaban J connectivity index is 1.87. The normalized spacial score (nSPS) is 19.4. The predicted molar refractivity (Wildman–Crippen MR) is 76.5 cm³/mol. The topological polar surface area (TPSA) is 41.6 Å². The summed E-state index contributed by atoms with van der Waals surface area (Å²) in [5.41, 5.74) is 2.96. The van der Waals surface area contributed by atoms with E-state index >= 15 is 0 Å². The minimum absolute atomic E-state index is 0.363. The Bertz CT molecular complexity index is 439. The number of ether oxygens (including phenoxy) is 1. The zero-order chi connectivity index (χ0) is 13.8. The minimum atomic E-state index is -0.363. The fourth-order valence-electron chi connectivity index (χ4n) is 2.51. The molecule has 0 radical (unpaired) electrons. The van der Waals surface area contributed by atoms with Crippen molar-refractivity contribution in [3.05, 3.63) is 29.3 Å². The van der Waals surface area contributed by atoms with Crippen LogP contribution in [0.2, 0.25) is 0 Å². The molecule has 104 valence electrons. The van der Waals surface area contributed by atoms with Gasteiger partial charge in [-0.15, -0.1) is 0 Å². The molecular formula is C15H22N2O2. The van der Waals surface area contributed by atoms with E-state index in [1.807, 2.05) is 32.0 Å². The largest absolute Gasteiger partial charge is 0.448 e. The first-order chi connectivity index (χ1) is 9.08. The third-order valence-corrected chi connectivity index (χ3v) is 3.79. The third kappa shape index (κ3) is 3.47. The second-order valence-electron chi connectivity index (χ2n) is 5.27. The van der Waals surface area contributed by atoms with Crippen molar-refractivity contribution in [1.82, 2.24) is 4.90 Å². The van der Waals surface area contributed by atoms with Gasteiger partial charge in [-0.3, -0.25) is 5.32 Å². The van der Waals surface area contributed by atoms with E-state index in [-0.39, 0.29) is 6.09 Å². The molecule has 1 fully saturated rings. The minimum Gasteiger partial charge on any atom is -0.448 e. The van der Waals surface area contributed by atoms with E-state index in [0.717, 1.165) is 29.8 Å². The van der Waals surface area contributed by atoms with Gasteiger partial charge in [0, 0.05) is 11.7 Å². The maximum absolute atomic E-state index is 11.8. The van der Waals surface area contributed by atoms with Crippen LogP contribution in [-0.4, -0.2) is 37.2 Å². The second kappa shape index (κ2) is 6.06. The monoisotopic (exact) mass is 262 g/mol. The highest BCUT2D eigenvalue weighted by atomic mass is 16.5. The zero-order valence-corrected chi connectivity index (χ0v) is 11.9. The van der Waals surface area contributed by atoms with Crippen LogP contribution in [0.25, 0.3) is 0 Å². The summed E-state index contributed by atoms with van der Waals surface area (Å²) in [4.78, 5) is 14.1. The van der Waals surface area contributed by atoms with Crippen LogP contribution < -0.4 is 5.32 Å². The number of nitrogens with zero attached hydrogens (tertiary/aromatic N) is 1. The Labute approximate surface area is 114 Å². The molecule has 1 aromatic carbocycles. The number of carbonyl (C=O) groups is 1. The van der Waals surface area contributed by atoms with Gasteiger partial charge < -0.3 is 9.64 Å². The summed E-state index contributed by atoms with van der Waals surface area (Å²) in [6.45, 7) is 5.51. The van der Waals surface area contributed by atoms with Crippen molar-refractivity contribution in [3.8, 4) is 0 Å². The molecule has 2 rings (SSSR count). The second-order valence-corrected chi connectivity index (χ2v) is 5.27. The van der Waals surface area contributed by atoms with Crippen molar-refractivity contribution in [1.29, 1.82) is 0 Å². The molecule has 19 heavy (non-hydrogen) atoms. The lowest BCUT2D eigenvalue weighted by molar-refractivity contribution is 0.127. The van der Waals surface area contributed by atoms with Gasteiger partial charge in [-0.1, -0.05) is 18.2 Å². The summed E-state index contributed by atoms with van der Waals surface area (Å²) in [5.74, 6) is 0. The van der Waals surface area contributed by atoms with Crippen LogP contribution in [0, 0.1) is 13.8 Å². The summed E-state index contributed by atoms with van der Waals surface area (Å²) < 4.78 is 5.32. The highest BCUT2D eigenvalue weighted by Gasteiger charge is 2.22. The summed E-state index contributed by atoms with van der Waals surface area (Å²) in [5, 5.41) is 2.84. The van der Waals surface area contributed by atoms with E-state index in [1.165, 1.54) is 6.42 Å². The number of hydrogen-bond donors (Lipinski definition) is 1. The van der Waals surface area contributed by atoms with Gasteiger partial charge in [0.2, 0.25) is 0 Å². The molecule has 0 aliphatic carbocycles. The molecule has 1 unspecified atom stereocenters. The molecule has 1 aromatic rings. The number of carbonyl (C=O) groups excluding carboxylic acids is 1. The summed E-state index contributed by atoms with van der Waals surface area (Å²) in [6, 6.07) is 6.30. The maximum atomic E-state index is 11.8. The Hall–Kier alpha value is -1.55. The predicted octanol–water partition coefficient (Wildman–Crippen LogP) is 2.95. The molecular weight excluding hydrogens is 240 g/mol. The number of amides is 1. The molecule has 0 aromatic heterocycles. The number of hydrogen-bond acceptors (Lipinski definition) is 3. The van der Waals surface area contributed by atoms with Crippen LogP contribution in [-0.2, 0) is 4.74 Å². The first-order valence-corrected chi connectivity index (χ1v) is 6.78. The van der Waals surface area contributed by atoms with Crippen LogP contribution in [0.15, 0.2) is 18.2 Å². The van der Waals surface area contributed by atoms with Gasteiger partial charge in [0.15, 0.2) is 0 Å². The van der Waals surface area contributed by atoms with E-state index in [2.05, 4.69) is 17.3 Å². The van der Waals surface area contributed by atoms with E-state index in [9.17, 15) is 4.79 Å². The van der Waals surface area contributed by atoms with E-state index in [4.69, 9.17) is 4.74 Å². The fraction of sp³-hybridized carbons (Fsp3) is 0.533. The molecule has 0 spiro atoms. The number of aryl methyl sites for hydroxylation is 2. The highest BCUT2D eigenvalue weighted by Crippen LogP contribution is 2.20. The van der Waals surface area contributed by atoms with Gasteiger partial charge in [0.1, 0.15) is 6.61 Å². The number of benzene rings is 1. The van der Waals surface area contributed by atoms with Crippen LogP contribution >= 0.6 is 0 Å². The lowest BCUT2D eigenvalue weighted by atomic mass is 10.1. The fourth-order valence-corrected chi connectivity index (χ4v) is 2.51. The first kappa shape index (κ1) is 13.9. The lowest BCUT2D eigenvalue weighted by Crippen LogP contribution is -2.31. The molecule has 1 amide bonds. The summed E-state index contributed by atoms with van der Waals surface area (Å²) in [7, 11) is 2.07. The Morgan fingerprint density at radius 2 is 2.11 bits per heavy atom. The van der Waals surface area contributed by atoms with Crippen LogP contribution in [0.4, 0.5) is 10.5 Å². The average molecular weight is 262 g/mol. The number of rotatable bonds is 3. The third-order valence-electron chi connectivity index (χ3n) is 3.79. The number of nitrogens with one attached hydrogen (secondary N) is 1. The number of anilines is 1. The van der Waals surface area contributed by atoms with Gasteiger partial charge in [-0.2, -0.15) is 0 Å². The van der Waals surface area contributed by atoms with Crippen molar-refractivity contribution in [2.24, 2.45) is 0 Å². The Morgan fingerprint density at radius 3 is 2.68 bits per heavy atom. The molecule has 0 bridgehead atoms. The van der Waals surface area contributed by atoms with Crippen LogP contribution in [0.3, 0.4) is 0 Å². The van der Waals surface area contributed by atoms with E-state index in [0.29, 0.717) is 12.6 Å². The standard InChI is InChI=1S/C15H22N2O2/c1-11-6-4-7-12(2)14(11)16-15(18)19-10-13-8-5-9-17(13)3/h4,6-7,13H,5,8-10H2,1-3H3,(H,16,18). The molecule has 1 N–H and O–H groups in total. The summed E-state index contributed by atoms with van der Waals surface area (Å²) >= 11 is 0. The lowest BCUT2D eigenvalue weighted by Gasteiger charge is -2.19. The SMILES string of the molecule is Cc1cccc(C)c1NC(=O)OCC1CCCN1C. The van der Waals surface area contributed by atoms with Gasteiger partial charge in [0.05, 0.1) is 0 Å². The zero-order valence-electron chi connectivity index (χ0n) is 11.9. The molecule has 1 atom stereocenters. The molecule has 4 heteroatoms. The Morgan fingerprint density at radius 1 is 1.42 bits per heavy atom. The molecule has 1 saturated heterocycles. The quantitative estimate of drug-likeness (QED) is 0.910. The Kier molecular flexibility index (Phi) is 4.43. The van der Waals surface area contributed by atoms with Crippen molar-refractivity contribution < 1.29 is 9.53 Å². The molecule has 1 aliphatic heterocycles. The molecule has 1 heterocycles. The maximum Gasteiger partial charge on any atom is 0.411 e. The first-order valence-electron chi connectivity index (χ1n) is 6.78. The van der Waals surface area contributed by atoms with Crippen LogP contribution in [0.5, 0.6) is 0 Å². The van der Waals surface area contributed by atoms with Crippen molar-refractivity contribution >= 4 is 11.8 Å². The average Bonchev–Trinajstić information content (AvgIpc) is 2.77.